The Hall–Kier alpha value is -1.02. The van der Waals surface area contributed by atoms with E-state index in [1.807, 2.05) is 12.1 Å². The summed E-state index contributed by atoms with van der Waals surface area (Å²) in [6, 6.07) is 8.37. The van der Waals surface area contributed by atoms with Crippen LogP contribution in [0.1, 0.15) is 63.0 Å². The van der Waals surface area contributed by atoms with Gasteiger partial charge in [-0.1, -0.05) is 57.9 Å². The van der Waals surface area contributed by atoms with Gasteiger partial charge in [0.05, 0.1) is 0 Å². The predicted molar refractivity (Wildman–Crippen MR) is 84.1 cm³/mol. The van der Waals surface area contributed by atoms with E-state index in [1.165, 1.54) is 18.4 Å². The lowest BCUT2D eigenvalue weighted by atomic mass is 9.86. The molecule has 0 aromatic heterocycles. The van der Waals surface area contributed by atoms with Gasteiger partial charge in [-0.3, -0.25) is 4.79 Å². The van der Waals surface area contributed by atoms with Crippen LogP contribution in [0, 0.1) is 0 Å². The van der Waals surface area contributed by atoms with Crippen LogP contribution in [0.3, 0.4) is 0 Å². The highest BCUT2D eigenvalue weighted by Gasteiger charge is 2.23. The van der Waals surface area contributed by atoms with Crippen molar-refractivity contribution in [1.29, 1.82) is 0 Å². The van der Waals surface area contributed by atoms with E-state index in [4.69, 9.17) is 11.6 Å². The third kappa shape index (κ3) is 3.76. The summed E-state index contributed by atoms with van der Waals surface area (Å²) in [6.07, 6.45) is 4.58. The topological polar surface area (TPSA) is 29.1 Å². The molecule has 1 aliphatic carbocycles. The molecule has 20 heavy (non-hydrogen) atoms. The van der Waals surface area contributed by atoms with Crippen LogP contribution in [0.4, 0.5) is 0 Å². The summed E-state index contributed by atoms with van der Waals surface area (Å²) < 4.78 is 0. The zero-order valence-corrected chi connectivity index (χ0v) is 13.3. The lowest BCUT2D eigenvalue weighted by Crippen LogP contribution is -2.34. The summed E-state index contributed by atoms with van der Waals surface area (Å²) in [6.45, 7) is 6.52. The third-order valence-electron chi connectivity index (χ3n) is 4.00. The van der Waals surface area contributed by atoms with Crippen LogP contribution in [-0.4, -0.2) is 11.9 Å². The largest absolute Gasteiger partial charge is 0.352 e. The molecule has 1 fully saturated rings. The molecule has 1 saturated carbocycles. The fourth-order valence-corrected chi connectivity index (χ4v) is 2.86. The number of carbonyl (C=O) groups excluding carboxylic acids is 1. The molecule has 0 radical (unpaired) electrons. The Labute approximate surface area is 126 Å². The Kier molecular flexibility index (Phi) is 4.74. The Balaban J connectivity index is 2.01. The van der Waals surface area contributed by atoms with Crippen LogP contribution >= 0.6 is 11.6 Å². The molecule has 0 saturated heterocycles. The quantitative estimate of drug-likeness (QED) is 0.826. The maximum absolute atomic E-state index is 12.1. The van der Waals surface area contributed by atoms with Crippen molar-refractivity contribution in [3.05, 3.63) is 35.4 Å². The standard InChI is InChI=1S/C17H24ClNO/c1-17(2,3)13-10-8-12(9-11-13)15(18)16(20)19-14-6-4-5-7-14/h8-11,14-15H,4-7H2,1-3H3,(H,19,20). The monoisotopic (exact) mass is 293 g/mol. The summed E-state index contributed by atoms with van der Waals surface area (Å²) in [4.78, 5) is 12.1. The first-order valence-electron chi connectivity index (χ1n) is 7.43. The van der Waals surface area contributed by atoms with E-state index < -0.39 is 5.38 Å². The van der Waals surface area contributed by atoms with E-state index >= 15 is 0 Å². The minimum atomic E-state index is -0.593. The average molecular weight is 294 g/mol. The Morgan fingerprint density at radius 2 is 1.75 bits per heavy atom. The molecule has 1 unspecified atom stereocenters. The molecular formula is C17H24ClNO. The maximum atomic E-state index is 12.1. The van der Waals surface area contributed by atoms with Crippen LogP contribution in [0.5, 0.6) is 0 Å². The van der Waals surface area contributed by atoms with Gasteiger partial charge in [-0.05, 0) is 29.4 Å². The van der Waals surface area contributed by atoms with Gasteiger partial charge >= 0.3 is 0 Å². The van der Waals surface area contributed by atoms with Crippen LogP contribution < -0.4 is 5.32 Å². The van der Waals surface area contributed by atoms with E-state index in [0.29, 0.717) is 6.04 Å². The van der Waals surface area contributed by atoms with E-state index in [0.717, 1.165) is 18.4 Å². The van der Waals surface area contributed by atoms with Crippen molar-refractivity contribution in [3.8, 4) is 0 Å². The molecule has 3 heteroatoms. The number of hydrogen-bond donors (Lipinski definition) is 1. The summed E-state index contributed by atoms with van der Waals surface area (Å²) >= 11 is 6.29. The minimum Gasteiger partial charge on any atom is -0.352 e. The fraction of sp³-hybridized carbons (Fsp3) is 0.588. The molecular weight excluding hydrogens is 270 g/mol. The Morgan fingerprint density at radius 3 is 2.25 bits per heavy atom. The molecule has 1 aromatic rings. The van der Waals surface area contributed by atoms with E-state index in [1.54, 1.807) is 0 Å². The molecule has 1 aromatic carbocycles. The number of nitrogens with one attached hydrogen (secondary N) is 1. The highest BCUT2D eigenvalue weighted by molar-refractivity contribution is 6.30. The fourth-order valence-electron chi connectivity index (χ4n) is 2.65. The number of amides is 1. The van der Waals surface area contributed by atoms with Crippen molar-refractivity contribution in [3.63, 3.8) is 0 Å². The molecule has 0 heterocycles. The van der Waals surface area contributed by atoms with Crippen LogP contribution in [0.25, 0.3) is 0 Å². The van der Waals surface area contributed by atoms with Crippen molar-refractivity contribution < 1.29 is 4.79 Å². The van der Waals surface area contributed by atoms with E-state index in [-0.39, 0.29) is 11.3 Å². The van der Waals surface area contributed by atoms with Crippen LogP contribution in [0.15, 0.2) is 24.3 Å². The first-order valence-corrected chi connectivity index (χ1v) is 7.86. The van der Waals surface area contributed by atoms with Crippen molar-refractivity contribution in [2.45, 2.75) is 63.3 Å². The molecule has 110 valence electrons. The van der Waals surface area contributed by atoms with Gasteiger partial charge in [-0.15, -0.1) is 11.6 Å². The van der Waals surface area contributed by atoms with Gasteiger partial charge in [0.25, 0.3) is 0 Å². The van der Waals surface area contributed by atoms with Gasteiger partial charge in [0.2, 0.25) is 5.91 Å². The summed E-state index contributed by atoms with van der Waals surface area (Å²) in [5.74, 6) is -0.0675. The molecule has 0 bridgehead atoms. The minimum absolute atomic E-state index is 0.0675. The van der Waals surface area contributed by atoms with Gasteiger partial charge in [0, 0.05) is 6.04 Å². The second kappa shape index (κ2) is 6.17. The van der Waals surface area contributed by atoms with E-state index in [9.17, 15) is 4.79 Å². The third-order valence-corrected chi connectivity index (χ3v) is 4.45. The van der Waals surface area contributed by atoms with Gasteiger partial charge in [0.15, 0.2) is 0 Å². The highest BCUT2D eigenvalue weighted by Crippen LogP contribution is 2.27. The van der Waals surface area contributed by atoms with Gasteiger partial charge in [-0.2, -0.15) is 0 Å². The van der Waals surface area contributed by atoms with Crippen molar-refractivity contribution in [1.82, 2.24) is 5.32 Å². The second-order valence-corrected chi connectivity index (χ2v) is 7.16. The highest BCUT2D eigenvalue weighted by atomic mass is 35.5. The average Bonchev–Trinajstić information content (AvgIpc) is 2.90. The maximum Gasteiger partial charge on any atom is 0.242 e. The molecule has 1 N–H and O–H groups in total. The summed E-state index contributed by atoms with van der Waals surface area (Å²) in [5.41, 5.74) is 2.24. The SMILES string of the molecule is CC(C)(C)c1ccc(C(Cl)C(=O)NC2CCCC2)cc1. The molecule has 0 spiro atoms. The van der Waals surface area contributed by atoms with Gasteiger partial charge in [0.1, 0.15) is 5.38 Å². The first kappa shape index (κ1) is 15.4. The Bertz CT molecular complexity index is 455. The zero-order valence-electron chi connectivity index (χ0n) is 12.6. The van der Waals surface area contributed by atoms with Gasteiger partial charge < -0.3 is 5.32 Å². The Morgan fingerprint density at radius 1 is 1.20 bits per heavy atom. The molecule has 1 atom stereocenters. The number of carbonyl (C=O) groups is 1. The lowest BCUT2D eigenvalue weighted by Gasteiger charge is -2.20. The van der Waals surface area contributed by atoms with Crippen molar-refractivity contribution in [2.75, 3.05) is 0 Å². The van der Waals surface area contributed by atoms with Crippen molar-refractivity contribution >= 4 is 17.5 Å². The normalized spacial score (nSPS) is 18.0. The second-order valence-electron chi connectivity index (χ2n) is 6.72. The molecule has 2 nitrogen and oxygen atoms in total. The smallest absolute Gasteiger partial charge is 0.242 e. The van der Waals surface area contributed by atoms with Crippen LogP contribution in [0.2, 0.25) is 0 Å². The number of benzene rings is 1. The number of rotatable bonds is 3. The predicted octanol–water partition coefficient (Wildman–Crippen LogP) is 4.32. The number of hydrogen-bond acceptors (Lipinski definition) is 1. The molecule has 1 amide bonds. The summed E-state index contributed by atoms with van der Waals surface area (Å²) in [7, 11) is 0. The van der Waals surface area contributed by atoms with Gasteiger partial charge in [-0.25, -0.2) is 0 Å². The van der Waals surface area contributed by atoms with Crippen molar-refractivity contribution in [2.24, 2.45) is 0 Å². The van der Waals surface area contributed by atoms with E-state index in [2.05, 4.69) is 38.2 Å². The molecule has 0 aliphatic heterocycles. The van der Waals surface area contributed by atoms with Crippen LogP contribution in [-0.2, 0) is 10.2 Å². The number of alkyl halides is 1. The molecule has 2 rings (SSSR count). The lowest BCUT2D eigenvalue weighted by molar-refractivity contribution is -0.121. The number of halogens is 1. The zero-order chi connectivity index (χ0) is 14.8. The molecule has 1 aliphatic rings. The summed E-state index contributed by atoms with van der Waals surface area (Å²) in [5, 5.41) is 2.46. The first-order chi connectivity index (χ1) is 9.38.